The number of hydrogen-bond donors (Lipinski definition) is 1. The summed E-state index contributed by atoms with van der Waals surface area (Å²) in [5.74, 6) is 0.867. The minimum absolute atomic E-state index is 0.613. The molecule has 1 heterocycles. The van der Waals surface area contributed by atoms with Crippen molar-refractivity contribution in [2.75, 3.05) is 6.61 Å². The first kappa shape index (κ1) is 11.3. The average Bonchev–Trinajstić information content (AvgIpc) is 2.86. The Labute approximate surface area is 107 Å². The standard InChI is InChI=1S/C16H16O2/c1-11-4-2-6-13(10-11)15(17)14-7-3-5-12-8-9-18-16(12)14/h2-7,10,15,17H,8-9H2,1H3. The first-order valence-corrected chi connectivity index (χ1v) is 6.25. The largest absolute Gasteiger partial charge is 0.493 e. The van der Waals surface area contributed by atoms with Gasteiger partial charge >= 0.3 is 0 Å². The summed E-state index contributed by atoms with van der Waals surface area (Å²) >= 11 is 0. The van der Waals surface area contributed by atoms with Gasteiger partial charge in [0.25, 0.3) is 0 Å². The van der Waals surface area contributed by atoms with Crippen LogP contribution >= 0.6 is 0 Å². The number of hydrogen-bond acceptors (Lipinski definition) is 2. The molecule has 1 unspecified atom stereocenters. The van der Waals surface area contributed by atoms with E-state index in [1.165, 1.54) is 5.56 Å². The minimum Gasteiger partial charge on any atom is -0.493 e. The highest BCUT2D eigenvalue weighted by Gasteiger charge is 2.21. The monoisotopic (exact) mass is 240 g/mol. The van der Waals surface area contributed by atoms with Crippen LogP contribution in [0.15, 0.2) is 42.5 Å². The van der Waals surface area contributed by atoms with Gasteiger partial charge in [-0.05, 0) is 18.1 Å². The first-order chi connectivity index (χ1) is 8.75. The molecule has 0 saturated heterocycles. The molecule has 1 aliphatic heterocycles. The van der Waals surface area contributed by atoms with E-state index >= 15 is 0 Å². The van der Waals surface area contributed by atoms with Crippen LogP contribution in [0.4, 0.5) is 0 Å². The van der Waals surface area contributed by atoms with E-state index in [0.717, 1.165) is 28.9 Å². The van der Waals surface area contributed by atoms with Crippen LogP contribution in [-0.4, -0.2) is 11.7 Å². The lowest BCUT2D eigenvalue weighted by molar-refractivity contribution is 0.213. The summed E-state index contributed by atoms with van der Waals surface area (Å²) in [5.41, 5.74) is 4.13. The maximum absolute atomic E-state index is 10.5. The first-order valence-electron chi connectivity index (χ1n) is 6.25. The Balaban J connectivity index is 2.03. The van der Waals surface area contributed by atoms with E-state index in [-0.39, 0.29) is 0 Å². The third-order valence-corrected chi connectivity index (χ3v) is 3.40. The fourth-order valence-corrected chi connectivity index (χ4v) is 2.48. The van der Waals surface area contributed by atoms with Crippen molar-refractivity contribution < 1.29 is 9.84 Å². The molecule has 0 saturated carbocycles. The lowest BCUT2D eigenvalue weighted by Crippen LogP contribution is -2.02. The second-order valence-corrected chi connectivity index (χ2v) is 4.75. The van der Waals surface area contributed by atoms with Gasteiger partial charge in [-0.1, -0.05) is 48.0 Å². The van der Waals surface area contributed by atoms with Gasteiger partial charge in [-0.3, -0.25) is 0 Å². The summed E-state index contributed by atoms with van der Waals surface area (Å²) in [6, 6.07) is 14.0. The van der Waals surface area contributed by atoms with Gasteiger partial charge in [-0.15, -0.1) is 0 Å². The molecule has 2 aromatic rings. The van der Waals surface area contributed by atoms with E-state index < -0.39 is 6.10 Å². The smallest absolute Gasteiger partial charge is 0.128 e. The second-order valence-electron chi connectivity index (χ2n) is 4.75. The molecule has 0 bridgehead atoms. The second kappa shape index (κ2) is 4.46. The molecule has 92 valence electrons. The van der Waals surface area contributed by atoms with Crippen molar-refractivity contribution in [2.24, 2.45) is 0 Å². The van der Waals surface area contributed by atoms with Gasteiger partial charge in [0.1, 0.15) is 11.9 Å². The summed E-state index contributed by atoms with van der Waals surface area (Å²) in [5, 5.41) is 10.5. The Kier molecular flexibility index (Phi) is 2.80. The van der Waals surface area contributed by atoms with Gasteiger partial charge in [0, 0.05) is 12.0 Å². The Hall–Kier alpha value is -1.80. The number of aliphatic hydroxyl groups is 1. The number of fused-ring (bicyclic) bond motifs is 1. The molecular formula is C16H16O2. The molecule has 1 atom stereocenters. The SMILES string of the molecule is Cc1cccc(C(O)c2cccc3c2OCC3)c1. The maximum Gasteiger partial charge on any atom is 0.128 e. The van der Waals surface area contributed by atoms with Crippen molar-refractivity contribution in [1.29, 1.82) is 0 Å². The zero-order valence-corrected chi connectivity index (χ0v) is 10.4. The van der Waals surface area contributed by atoms with E-state index in [1.54, 1.807) is 0 Å². The number of ether oxygens (including phenoxy) is 1. The normalized spacial score (nSPS) is 15.0. The molecule has 2 aromatic carbocycles. The van der Waals surface area contributed by atoms with Crippen LogP contribution in [0.5, 0.6) is 5.75 Å². The Morgan fingerprint density at radius 3 is 2.83 bits per heavy atom. The predicted molar refractivity (Wildman–Crippen MR) is 70.9 cm³/mol. The molecule has 3 rings (SSSR count). The molecule has 2 nitrogen and oxygen atoms in total. The van der Waals surface area contributed by atoms with Crippen LogP contribution in [0.1, 0.15) is 28.4 Å². The predicted octanol–water partition coefficient (Wildman–Crippen LogP) is 3.01. The van der Waals surface area contributed by atoms with E-state index in [2.05, 4.69) is 6.07 Å². The van der Waals surface area contributed by atoms with Crippen molar-refractivity contribution in [3.63, 3.8) is 0 Å². The topological polar surface area (TPSA) is 29.5 Å². The highest BCUT2D eigenvalue weighted by Crippen LogP contribution is 2.36. The Morgan fingerprint density at radius 1 is 1.17 bits per heavy atom. The number of para-hydroxylation sites is 1. The van der Waals surface area contributed by atoms with E-state index in [1.807, 2.05) is 43.3 Å². The van der Waals surface area contributed by atoms with Crippen LogP contribution in [0.2, 0.25) is 0 Å². The third-order valence-electron chi connectivity index (χ3n) is 3.40. The summed E-state index contributed by atoms with van der Waals surface area (Å²) < 4.78 is 5.64. The molecule has 0 spiro atoms. The number of aliphatic hydroxyl groups excluding tert-OH is 1. The van der Waals surface area contributed by atoms with Gasteiger partial charge in [0.15, 0.2) is 0 Å². The molecule has 0 amide bonds. The third kappa shape index (κ3) is 1.89. The van der Waals surface area contributed by atoms with Gasteiger partial charge < -0.3 is 9.84 Å². The molecule has 1 aliphatic rings. The van der Waals surface area contributed by atoms with Crippen LogP contribution in [0.3, 0.4) is 0 Å². The fraction of sp³-hybridized carbons (Fsp3) is 0.250. The van der Waals surface area contributed by atoms with Crippen molar-refractivity contribution in [3.8, 4) is 5.75 Å². The zero-order chi connectivity index (χ0) is 12.5. The summed E-state index contributed by atoms with van der Waals surface area (Å²) in [6.45, 7) is 2.75. The number of rotatable bonds is 2. The average molecular weight is 240 g/mol. The van der Waals surface area contributed by atoms with E-state index in [4.69, 9.17) is 4.74 Å². The molecule has 0 aliphatic carbocycles. The van der Waals surface area contributed by atoms with Crippen LogP contribution in [-0.2, 0) is 6.42 Å². The highest BCUT2D eigenvalue weighted by atomic mass is 16.5. The molecule has 0 radical (unpaired) electrons. The zero-order valence-electron chi connectivity index (χ0n) is 10.4. The Bertz CT molecular complexity index is 575. The molecule has 18 heavy (non-hydrogen) atoms. The molecule has 0 aromatic heterocycles. The minimum atomic E-state index is -0.613. The van der Waals surface area contributed by atoms with E-state index in [0.29, 0.717) is 6.61 Å². The molecular weight excluding hydrogens is 224 g/mol. The van der Waals surface area contributed by atoms with Gasteiger partial charge in [0.05, 0.1) is 6.61 Å². The quantitative estimate of drug-likeness (QED) is 0.874. The number of aryl methyl sites for hydroxylation is 1. The molecule has 1 N–H and O–H groups in total. The summed E-state index contributed by atoms with van der Waals surface area (Å²) in [4.78, 5) is 0. The van der Waals surface area contributed by atoms with Crippen molar-refractivity contribution >= 4 is 0 Å². The van der Waals surface area contributed by atoms with Crippen LogP contribution in [0, 0.1) is 6.92 Å². The summed E-state index contributed by atoms with van der Waals surface area (Å²) in [7, 11) is 0. The number of benzene rings is 2. The van der Waals surface area contributed by atoms with Crippen LogP contribution in [0.25, 0.3) is 0 Å². The van der Waals surface area contributed by atoms with Crippen molar-refractivity contribution in [3.05, 3.63) is 64.7 Å². The van der Waals surface area contributed by atoms with Gasteiger partial charge in [-0.2, -0.15) is 0 Å². The van der Waals surface area contributed by atoms with E-state index in [9.17, 15) is 5.11 Å². The Morgan fingerprint density at radius 2 is 2.00 bits per heavy atom. The summed E-state index contributed by atoms with van der Waals surface area (Å²) in [6.07, 6.45) is 0.321. The van der Waals surface area contributed by atoms with Gasteiger partial charge in [0.2, 0.25) is 0 Å². The lowest BCUT2D eigenvalue weighted by Gasteiger charge is -2.15. The van der Waals surface area contributed by atoms with Crippen molar-refractivity contribution in [1.82, 2.24) is 0 Å². The molecule has 0 fully saturated rings. The van der Waals surface area contributed by atoms with Crippen molar-refractivity contribution in [2.45, 2.75) is 19.4 Å². The fourth-order valence-electron chi connectivity index (χ4n) is 2.48. The lowest BCUT2D eigenvalue weighted by atomic mass is 9.97. The molecule has 2 heteroatoms. The van der Waals surface area contributed by atoms with Crippen LogP contribution < -0.4 is 4.74 Å². The highest BCUT2D eigenvalue weighted by molar-refractivity contribution is 5.48. The maximum atomic E-state index is 10.5. The van der Waals surface area contributed by atoms with Gasteiger partial charge in [-0.25, -0.2) is 0 Å².